The lowest BCUT2D eigenvalue weighted by molar-refractivity contribution is 0.162. The molecule has 4 rings (SSSR count). The molecule has 0 bridgehead atoms. The van der Waals surface area contributed by atoms with E-state index in [-0.39, 0.29) is 0 Å². The number of hydrogen-bond acceptors (Lipinski definition) is 7. The topological polar surface area (TPSA) is 44.3 Å². The van der Waals surface area contributed by atoms with E-state index in [9.17, 15) is 0 Å². The van der Waals surface area contributed by atoms with E-state index in [1.807, 2.05) is 17.1 Å². The van der Waals surface area contributed by atoms with Crippen LogP contribution in [0.1, 0.15) is 36.9 Å². The van der Waals surface area contributed by atoms with Crippen molar-refractivity contribution in [1.29, 1.82) is 0 Å². The Bertz CT molecular complexity index is 924. The van der Waals surface area contributed by atoms with Gasteiger partial charge in [-0.2, -0.15) is 0 Å². The van der Waals surface area contributed by atoms with Crippen molar-refractivity contribution in [2.45, 2.75) is 43.8 Å². The van der Waals surface area contributed by atoms with Gasteiger partial charge in [-0.3, -0.25) is 4.90 Å². The zero-order valence-electron chi connectivity index (χ0n) is 17.8. The van der Waals surface area contributed by atoms with E-state index in [1.165, 1.54) is 41.6 Å². The van der Waals surface area contributed by atoms with Crippen molar-refractivity contribution in [2.24, 2.45) is 0 Å². The molecule has 1 N–H and O–H groups in total. The number of benzene rings is 1. The number of likely N-dealkylation sites (tertiary alicyclic amines) is 1. The highest BCUT2D eigenvalue weighted by Gasteiger charge is 2.26. The van der Waals surface area contributed by atoms with Crippen molar-refractivity contribution < 1.29 is 0 Å². The van der Waals surface area contributed by atoms with Gasteiger partial charge in [-0.1, -0.05) is 30.3 Å². The molecule has 7 heteroatoms. The second kappa shape index (κ2) is 9.81. The number of rotatable bonds is 7. The van der Waals surface area contributed by atoms with Crippen LogP contribution in [0.15, 0.2) is 58.5 Å². The van der Waals surface area contributed by atoms with Gasteiger partial charge in [0.05, 0.1) is 17.4 Å². The minimum Gasteiger partial charge on any atom is -0.370 e. The van der Waals surface area contributed by atoms with Crippen LogP contribution < -0.4 is 9.62 Å². The summed E-state index contributed by atoms with van der Waals surface area (Å²) in [6, 6.07) is 14.0. The van der Waals surface area contributed by atoms with E-state index in [4.69, 9.17) is 0 Å². The summed E-state index contributed by atoms with van der Waals surface area (Å²) in [7, 11) is 2.21. The van der Waals surface area contributed by atoms with Gasteiger partial charge in [0, 0.05) is 49.5 Å². The number of nitrogens with zero attached hydrogens (tertiary/aromatic N) is 4. The number of piperidine rings is 1. The third kappa shape index (κ3) is 4.96. The van der Waals surface area contributed by atoms with Crippen LogP contribution in [0.4, 0.5) is 11.5 Å². The summed E-state index contributed by atoms with van der Waals surface area (Å²) in [6.45, 7) is 6.75. The highest BCUT2D eigenvalue weighted by molar-refractivity contribution is 8.00. The van der Waals surface area contributed by atoms with Crippen LogP contribution in [0.2, 0.25) is 0 Å². The second-order valence-corrected chi connectivity index (χ2v) is 9.40. The first-order chi connectivity index (χ1) is 14.6. The smallest absolute Gasteiger partial charge is 0.147 e. The number of hydrogen-bond donors (Lipinski definition) is 1. The maximum atomic E-state index is 4.66. The Kier molecular flexibility index (Phi) is 6.92. The van der Waals surface area contributed by atoms with E-state index in [0.29, 0.717) is 12.1 Å². The maximum Gasteiger partial charge on any atom is 0.147 e. The third-order valence-corrected chi connectivity index (χ3v) is 7.34. The van der Waals surface area contributed by atoms with E-state index in [1.54, 1.807) is 11.3 Å². The maximum absolute atomic E-state index is 4.66. The largest absolute Gasteiger partial charge is 0.370 e. The predicted molar refractivity (Wildman–Crippen MR) is 128 cm³/mol. The Hall–Kier alpha value is -2.09. The van der Waals surface area contributed by atoms with Crippen molar-refractivity contribution in [2.75, 3.05) is 29.8 Å². The van der Waals surface area contributed by atoms with Gasteiger partial charge < -0.3 is 9.62 Å². The third-order valence-electron chi connectivity index (χ3n) is 6.01. The molecule has 1 unspecified atom stereocenters. The molecule has 0 spiro atoms. The van der Waals surface area contributed by atoms with Gasteiger partial charge in [0.1, 0.15) is 10.8 Å². The molecule has 5 nitrogen and oxygen atoms in total. The molecular weight excluding hydrogens is 410 g/mol. The monoisotopic (exact) mass is 439 g/mol. The fraction of sp³-hybridized carbons (Fsp3) is 0.391. The molecule has 0 saturated carbocycles. The lowest BCUT2D eigenvalue weighted by Gasteiger charge is -2.40. The molecule has 1 aliphatic heterocycles. The van der Waals surface area contributed by atoms with Crippen LogP contribution in [0.5, 0.6) is 0 Å². The van der Waals surface area contributed by atoms with E-state index in [2.05, 4.69) is 81.8 Å². The molecule has 0 aliphatic carbocycles. The van der Waals surface area contributed by atoms with Crippen LogP contribution >= 0.6 is 23.3 Å². The standard InChI is InChI=1S/C23H29N5S2/c1-17-13-23(30-26-22-15-29-16-25-22)24-14-21(17)27(3)20-9-11-28(12-10-20)18(2)19-7-5-4-6-8-19/h4-8,13-16,18,20,26H,9-12H2,1-3H3. The summed E-state index contributed by atoms with van der Waals surface area (Å²) in [5.74, 6) is 0.877. The highest BCUT2D eigenvalue weighted by Crippen LogP contribution is 2.30. The number of pyridine rings is 1. The summed E-state index contributed by atoms with van der Waals surface area (Å²) in [6.07, 6.45) is 4.36. The minimum atomic E-state index is 0.474. The first kappa shape index (κ1) is 21.2. The number of nitrogens with one attached hydrogen (secondary N) is 1. The fourth-order valence-electron chi connectivity index (χ4n) is 4.12. The van der Waals surface area contributed by atoms with Crippen LogP contribution in [0.3, 0.4) is 0 Å². The zero-order chi connectivity index (χ0) is 20.9. The first-order valence-electron chi connectivity index (χ1n) is 10.4. The number of thiazole rings is 1. The Balaban J connectivity index is 1.34. The molecule has 2 aromatic heterocycles. The number of aromatic nitrogens is 2. The lowest BCUT2D eigenvalue weighted by Crippen LogP contribution is -2.44. The molecule has 30 heavy (non-hydrogen) atoms. The van der Waals surface area contributed by atoms with E-state index in [0.717, 1.165) is 23.9 Å². The first-order valence-corrected chi connectivity index (χ1v) is 12.2. The molecule has 3 heterocycles. The number of aryl methyl sites for hydroxylation is 1. The minimum absolute atomic E-state index is 0.474. The van der Waals surface area contributed by atoms with Crippen molar-refractivity contribution in [3.8, 4) is 0 Å². The zero-order valence-corrected chi connectivity index (χ0v) is 19.4. The summed E-state index contributed by atoms with van der Waals surface area (Å²) < 4.78 is 3.24. The molecule has 1 atom stereocenters. The summed E-state index contributed by atoms with van der Waals surface area (Å²) in [5.41, 5.74) is 5.72. The quantitative estimate of drug-likeness (QED) is 0.482. The Morgan fingerprint density at radius 1 is 1.20 bits per heavy atom. The molecule has 3 aromatic rings. The predicted octanol–water partition coefficient (Wildman–Crippen LogP) is 5.63. The van der Waals surface area contributed by atoms with Gasteiger partial charge in [0.15, 0.2) is 0 Å². The summed E-state index contributed by atoms with van der Waals surface area (Å²) in [5, 5.41) is 2.96. The van der Waals surface area contributed by atoms with Crippen molar-refractivity contribution >= 4 is 34.8 Å². The fourth-order valence-corrected chi connectivity index (χ4v) is 5.34. The second-order valence-electron chi connectivity index (χ2n) is 7.85. The molecule has 1 fully saturated rings. The van der Waals surface area contributed by atoms with Gasteiger partial charge in [-0.25, -0.2) is 9.97 Å². The molecule has 1 saturated heterocycles. The van der Waals surface area contributed by atoms with Crippen molar-refractivity contribution in [3.63, 3.8) is 0 Å². The van der Waals surface area contributed by atoms with Crippen LogP contribution in [0.25, 0.3) is 0 Å². The van der Waals surface area contributed by atoms with Gasteiger partial charge in [-0.05, 0) is 43.9 Å². The normalized spacial score (nSPS) is 16.4. The van der Waals surface area contributed by atoms with Gasteiger partial charge >= 0.3 is 0 Å². The van der Waals surface area contributed by atoms with Gasteiger partial charge in [0.2, 0.25) is 0 Å². The molecule has 158 valence electrons. The Morgan fingerprint density at radius 3 is 2.63 bits per heavy atom. The van der Waals surface area contributed by atoms with E-state index >= 15 is 0 Å². The van der Waals surface area contributed by atoms with Crippen LogP contribution in [-0.2, 0) is 0 Å². The molecular formula is C23H29N5S2. The Morgan fingerprint density at radius 2 is 1.97 bits per heavy atom. The van der Waals surface area contributed by atoms with Gasteiger partial charge in [-0.15, -0.1) is 11.3 Å². The van der Waals surface area contributed by atoms with Crippen molar-refractivity contribution in [3.05, 3.63) is 64.6 Å². The number of anilines is 2. The SMILES string of the molecule is Cc1cc(SNc2cscn2)ncc1N(C)C1CCN(C(C)c2ccccc2)CC1. The molecule has 1 aliphatic rings. The molecule has 0 amide bonds. The molecule has 0 radical (unpaired) electrons. The highest BCUT2D eigenvalue weighted by atomic mass is 32.2. The molecule has 1 aromatic carbocycles. The average molecular weight is 440 g/mol. The summed E-state index contributed by atoms with van der Waals surface area (Å²) >= 11 is 3.09. The van der Waals surface area contributed by atoms with E-state index < -0.39 is 0 Å². The lowest BCUT2D eigenvalue weighted by atomic mass is 9.99. The van der Waals surface area contributed by atoms with Crippen LogP contribution in [-0.4, -0.2) is 41.0 Å². The van der Waals surface area contributed by atoms with Crippen molar-refractivity contribution in [1.82, 2.24) is 14.9 Å². The average Bonchev–Trinajstić information content (AvgIpc) is 3.31. The summed E-state index contributed by atoms with van der Waals surface area (Å²) in [4.78, 5) is 13.9. The van der Waals surface area contributed by atoms with Crippen LogP contribution in [0, 0.1) is 6.92 Å². The Labute approximate surface area is 187 Å². The van der Waals surface area contributed by atoms with Gasteiger partial charge in [0.25, 0.3) is 0 Å².